The molecule has 0 aromatic heterocycles. The lowest BCUT2D eigenvalue weighted by Gasteiger charge is -2.16. The number of nitrogens with one attached hydrogen (secondary N) is 1. The average molecular weight is 358 g/mol. The van der Waals surface area contributed by atoms with Crippen molar-refractivity contribution >= 4 is 11.9 Å². The summed E-state index contributed by atoms with van der Waals surface area (Å²) in [7, 11) is 0. The van der Waals surface area contributed by atoms with Crippen molar-refractivity contribution in [1.29, 1.82) is 0 Å². The first-order valence-corrected chi connectivity index (χ1v) is 10.2. The van der Waals surface area contributed by atoms with Gasteiger partial charge in [-0.3, -0.25) is 4.79 Å². The first-order chi connectivity index (χ1) is 12.0. The Bertz CT molecular complexity index is 345. The van der Waals surface area contributed by atoms with E-state index in [0.717, 1.165) is 19.3 Å². The summed E-state index contributed by atoms with van der Waals surface area (Å²) >= 11 is 0. The predicted octanol–water partition coefficient (Wildman–Crippen LogP) is 4.42. The van der Waals surface area contributed by atoms with E-state index in [2.05, 4.69) is 12.2 Å². The lowest BCUT2D eigenvalue weighted by molar-refractivity contribution is -0.144. The van der Waals surface area contributed by atoms with Crippen molar-refractivity contribution in [1.82, 2.24) is 5.32 Å². The van der Waals surface area contributed by atoms with Crippen LogP contribution in [0.25, 0.3) is 0 Å². The first kappa shape index (κ1) is 23.9. The Hall–Kier alpha value is -1.10. The first-order valence-electron chi connectivity index (χ1n) is 10.2. The largest absolute Gasteiger partial charge is 0.480 e. The predicted molar refractivity (Wildman–Crippen MR) is 102 cm³/mol. The molecule has 148 valence electrons. The number of carbonyl (C=O) groups is 2. The molecule has 0 bridgehead atoms. The molecule has 5 nitrogen and oxygen atoms in total. The molecule has 0 unspecified atom stereocenters. The molecular formula is C20H39NO4. The standard InChI is InChI=1S/C20H39NO4/c1-3-4-5-6-7-8-9-10-11-12-13-14-15-16-18(23)21-19(17(2)22)20(24)25/h17,19,22H,3-16H2,1-2H3,(H,21,23)(H,24,25)/t17-,19+/m1/s1. The summed E-state index contributed by atoms with van der Waals surface area (Å²) in [5, 5.41) is 20.6. The van der Waals surface area contributed by atoms with Crippen molar-refractivity contribution in [3.05, 3.63) is 0 Å². The molecule has 0 heterocycles. The van der Waals surface area contributed by atoms with Gasteiger partial charge in [0.2, 0.25) is 5.91 Å². The van der Waals surface area contributed by atoms with Crippen LogP contribution in [-0.2, 0) is 9.59 Å². The van der Waals surface area contributed by atoms with Gasteiger partial charge < -0.3 is 15.5 Å². The van der Waals surface area contributed by atoms with E-state index >= 15 is 0 Å². The molecule has 0 aromatic carbocycles. The van der Waals surface area contributed by atoms with Crippen molar-refractivity contribution in [2.75, 3.05) is 0 Å². The third-order valence-corrected chi connectivity index (χ3v) is 4.57. The van der Waals surface area contributed by atoms with Gasteiger partial charge in [0.05, 0.1) is 6.10 Å². The number of aliphatic hydroxyl groups is 1. The number of carboxylic acids is 1. The number of hydrogen-bond donors (Lipinski definition) is 3. The van der Waals surface area contributed by atoms with Gasteiger partial charge in [0.15, 0.2) is 6.04 Å². The monoisotopic (exact) mass is 357 g/mol. The molecule has 0 spiro atoms. The fraction of sp³-hybridized carbons (Fsp3) is 0.900. The van der Waals surface area contributed by atoms with Crippen LogP contribution in [0, 0.1) is 0 Å². The van der Waals surface area contributed by atoms with E-state index in [4.69, 9.17) is 5.11 Å². The van der Waals surface area contributed by atoms with Gasteiger partial charge in [0.1, 0.15) is 0 Å². The van der Waals surface area contributed by atoms with Gasteiger partial charge in [-0.05, 0) is 13.3 Å². The number of unbranched alkanes of at least 4 members (excludes halogenated alkanes) is 12. The summed E-state index contributed by atoms with van der Waals surface area (Å²) in [5.74, 6) is -1.50. The highest BCUT2D eigenvalue weighted by molar-refractivity contribution is 5.83. The molecule has 0 aliphatic carbocycles. The summed E-state index contributed by atoms with van der Waals surface area (Å²) in [6.07, 6.45) is 15.4. The second-order valence-electron chi connectivity index (χ2n) is 7.12. The summed E-state index contributed by atoms with van der Waals surface area (Å²) in [6, 6.07) is -1.21. The number of carbonyl (C=O) groups excluding carboxylic acids is 1. The lowest BCUT2D eigenvalue weighted by atomic mass is 10.0. The quantitative estimate of drug-likeness (QED) is 0.336. The van der Waals surface area contributed by atoms with Crippen LogP contribution < -0.4 is 5.32 Å². The highest BCUT2D eigenvalue weighted by Crippen LogP contribution is 2.13. The number of aliphatic carboxylic acids is 1. The SMILES string of the molecule is CCCCCCCCCCCCCCCC(=O)N[C@H](C(=O)O)[C@@H](C)O. The maximum Gasteiger partial charge on any atom is 0.328 e. The molecule has 25 heavy (non-hydrogen) atoms. The van der Waals surface area contributed by atoms with Crippen LogP contribution >= 0.6 is 0 Å². The molecule has 0 saturated heterocycles. The van der Waals surface area contributed by atoms with Crippen molar-refractivity contribution in [3.63, 3.8) is 0 Å². The van der Waals surface area contributed by atoms with Gasteiger partial charge in [-0.2, -0.15) is 0 Å². The van der Waals surface area contributed by atoms with Crippen LogP contribution in [0.15, 0.2) is 0 Å². The molecule has 0 fully saturated rings. The third-order valence-electron chi connectivity index (χ3n) is 4.57. The van der Waals surface area contributed by atoms with Crippen LogP contribution in [0.1, 0.15) is 104 Å². The van der Waals surface area contributed by atoms with Crippen molar-refractivity contribution in [2.24, 2.45) is 0 Å². The molecule has 0 aromatic rings. The van der Waals surface area contributed by atoms with Crippen LogP contribution in [0.2, 0.25) is 0 Å². The topological polar surface area (TPSA) is 86.6 Å². The Morgan fingerprint density at radius 1 is 0.800 bits per heavy atom. The molecule has 5 heteroatoms. The fourth-order valence-corrected chi connectivity index (χ4v) is 2.94. The molecule has 0 radical (unpaired) electrons. The van der Waals surface area contributed by atoms with E-state index in [1.54, 1.807) is 0 Å². The van der Waals surface area contributed by atoms with Gasteiger partial charge in [-0.15, -0.1) is 0 Å². The molecule has 3 N–H and O–H groups in total. The zero-order chi connectivity index (χ0) is 18.9. The van der Waals surface area contributed by atoms with E-state index in [-0.39, 0.29) is 5.91 Å². The van der Waals surface area contributed by atoms with E-state index in [1.807, 2.05) is 0 Å². The highest BCUT2D eigenvalue weighted by atomic mass is 16.4. The number of carboxylic acid groups (broad SMARTS) is 1. The Morgan fingerprint density at radius 3 is 1.56 bits per heavy atom. The maximum atomic E-state index is 11.7. The van der Waals surface area contributed by atoms with Gasteiger partial charge >= 0.3 is 5.97 Å². The normalized spacial score (nSPS) is 13.4. The zero-order valence-corrected chi connectivity index (χ0v) is 16.3. The minimum absolute atomic E-state index is 0.295. The Kier molecular flexibility index (Phi) is 15.7. The molecule has 0 rings (SSSR count). The molecule has 0 saturated carbocycles. The van der Waals surface area contributed by atoms with E-state index in [1.165, 1.54) is 71.1 Å². The van der Waals surface area contributed by atoms with Crippen molar-refractivity contribution in [3.8, 4) is 0 Å². The van der Waals surface area contributed by atoms with E-state index in [0.29, 0.717) is 6.42 Å². The summed E-state index contributed by atoms with van der Waals surface area (Å²) in [4.78, 5) is 22.6. The second-order valence-corrected chi connectivity index (χ2v) is 7.12. The Balaban J connectivity index is 3.40. The minimum Gasteiger partial charge on any atom is -0.480 e. The fourth-order valence-electron chi connectivity index (χ4n) is 2.94. The lowest BCUT2D eigenvalue weighted by Crippen LogP contribution is -2.47. The zero-order valence-electron chi connectivity index (χ0n) is 16.3. The molecule has 0 aliphatic heterocycles. The number of hydrogen-bond acceptors (Lipinski definition) is 3. The van der Waals surface area contributed by atoms with Crippen molar-refractivity contribution < 1.29 is 19.8 Å². The van der Waals surface area contributed by atoms with Gasteiger partial charge in [0, 0.05) is 6.42 Å². The van der Waals surface area contributed by atoms with Crippen LogP contribution in [0.5, 0.6) is 0 Å². The van der Waals surface area contributed by atoms with Gasteiger partial charge in [-0.1, -0.05) is 84.0 Å². The maximum absolute atomic E-state index is 11.7. The molecule has 2 atom stereocenters. The average Bonchev–Trinajstić information content (AvgIpc) is 2.56. The highest BCUT2D eigenvalue weighted by Gasteiger charge is 2.24. The molecule has 1 amide bonds. The minimum atomic E-state index is -1.21. The van der Waals surface area contributed by atoms with Crippen LogP contribution in [0.4, 0.5) is 0 Å². The summed E-state index contributed by atoms with van der Waals surface area (Å²) in [6.45, 7) is 3.61. The smallest absolute Gasteiger partial charge is 0.328 e. The van der Waals surface area contributed by atoms with E-state index < -0.39 is 18.1 Å². The third kappa shape index (κ3) is 14.9. The Morgan fingerprint density at radius 2 is 1.20 bits per heavy atom. The molecular weight excluding hydrogens is 318 g/mol. The van der Waals surface area contributed by atoms with Crippen LogP contribution in [0.3, 0.4) is 0 Å². The summed E-state index contributed by atoms with van der Waals surface area (Å²) < 4.78 is 0. The number of aliphatic hydroxyl groups excluding tert-OH is 1. The van der Waals surface area contributed by atoms with E-state index in [9.17, 15) is 14.7 Å². The summed E-state index contributed by atoms with van der Waals surface area (Å²) in [5.41, 5.74) is 0. The van der Waals surface area contributed by atoms with Gasteiger partial charge in [-0.25, -0.2) is 4.79 Å². The van der Waals surface area contributed by atoms with Gasteiger partial charge in [0.25, 0.3) is 0 Å². The molecule has 0 aliphatic rings. The van der Waals surface area contributed by atoms with Crippen LogP contribution in [-0.4, -0.2) is 34.2 Å². The number of amides is 1. The number of rotatable bonds is 17. The van der Waals surface area contributed by atoms with Crippen molar-refractivity contribution in [2.45, 2.75) is 116 Å². The Labute approximate surface area is 153 Å². The second kappa shape index (κ2) is 16.4.